The van der Waals surface area contributed by atoms with Crippen LogP contribution < -0.4 is 4.74 Å². The smallest absolute Gasteiger partial charge is 0.331 e. The first-order valence-electron chi connectivity index (χ1n) is 4.78. The molecule has 1 heterocycles. The number of ether oxygens (including phenoxy) is 1. The standard InChI is InChI=1S/C10H10N2O5S/c1-3-4-7-17-10-8(12(13)14)5-6-9(11-10)18(2,15)16/h1,5-6H,4,7H2,2H3. The van der Waals surface area contributed by atoms with E-state index in [2.05, 4.69) is 10.9 Å². The van der Waals surface area contributed by atoms with Gasteiger partial charge in [0.2, 0.25) is 0 Å². The van der Waals surface area contributed by atoms with E-state index >= 15 is 0 Å². The molecule has 0 fully saturated rings. The van der Waals surface area contributed by atoms with Crippen molar-refractivity contribution in [1.82, 2.24) is 4.98 Å². The third-order valence-corrected chi connectivity index (χ3v) is 2.86. The zero-order valence-electron chi connectivity index (χ0n) is 9.49. The molecule has 0 unspecified atom stereocenters. The molecule has 0 aromatic carbocycles. The number of hydrogen-bond donors (Lipinski definition) is 0. The predicted octanol–water partition coefficient (Wildman–Crippen LogP) is 0.795. The molecule has 0 atom stereocenters. The Kier molecular flexibility index (Phi) is 4.23. The van der Waals surface area contributed by atoms with Crippen molar-refractivity contribution < 1.29 is 18.1 Å². The highest BCUT2D eigenvalue weighted by atomic mass is 32.2. The molecule has 0 amide bonds. The van der Waals surface area contributed by atoms with Gasteiger partial charge in [-0.3, -0.25) is 10.1 Å². The van der Waals surface area contributed by atoms with E-state index in [1.54, 1.807) is 0 Å². The van der Waals surface area contributed by atoms with Crippen molar-refractivity contribution in [3.63, 3.8) is 0 Å². The Morgan fingerprint density at radius 2 is 2.22 bits per heavy atom. The van der Waals surface area contributed by atoms with E-state index in [1.807, 2.05) is 0 Å². The first-order valence-corrected chi connectivity index (χ1v) is 6.67. The monoisotopic (exact) mass is 270 g/mol. The largest absolute Gasteiger partial charge is 0.472 e. The molecular weight excluding hydrogens is 260 g/mol. The van der Waals surface area contributed by atoms with Gasteiger partial charge in [0.05, 0.1) is 4.92 Å². The van der Waals surface area contributed by atoms with Crippen LogP contribution >= 0.6 is 0 Å². The summed E-state index contributed by atoms with van der Waals surface area (Å²) in [5.74, 6) is 1.94. The van der Waals surface area contributed by atoms with Crippen LogP contribution in [0.15, 0.2) is 17.2 Å². The molecule has 0 bridgehead atoms. The van der Waals surface area contributed by atoms with Gasteiger partial charge in [-0.15, -0.1) is 12.3 Å². The van der Waals surface area contributed by atoms with Crippen molar-refractivity contribution in [2.24, 2.45) is 0 Å². The van der Waals surface area contributed by atoms with Gasteiger partial charge in [-0.25, -0.2) is 8.42 Å². The lowest BCUT2D eigenvalue weighted by atomic mass is 10.4. The number of nitrogens with zero attached hydrogens (tertiary/aromatic N) is 2. The van der Waals surface area contributed by atoms with E-state index in [-0.39, 0.29) is 23.9 Å². The van der Waals surface area contributed by atoms with Gasteiger partial charge in [0.1, 0.15) is 6.61 Å². The number of nitro groups is 1. The highest BCUT2D eigenvalue weighted by Gasteiger charge is 2.20. The molecule has 1 rings (SSSR count). The maximum Gasteiger partial charge on any atom is 0.331 e. The summed E-state index contributed by atoms with van der Waals surface area (Å²) in [6, 6.07) is 2.09. The maximum atomic E-state index is 11.3. The number of rotatable bonds is 5. The molecule has 96 valence electrons. The van der Waals surface area contributed by atoms with Crippen LogP contribution in [0.3, 0.4) is 0 Å². The zero-order chi connectivity index (χ0) is 13.8. The van der Waals surface area contributed by atoms with Crippen molar-refractivity contribution in [2.45, 2.75) is 11.4 Å². The minimum Gasteiger partial charge on any atom is -0.472 e. The third-order valence-electron chi connectivity index (χ3n) is 1.88. The van der Waals surface area contributed by atoms with E-state index in [4.69, 9.17) is 11.2 Å². The Bertz CT molecular complexity index is 603. The summed E-state index contributed by atoms with van der Waals surface area (Å²) >= 11 is 0. The summed E-state index contributed by atoms with van der Waals surface area (Å²) in [5, 5.41) is 10.4. The van der Waals surface area contributed by atoms with Gasteiger partial charge < -0.3 is 4.74 Å². The summed E-state index contributed by atoms with van der Waals surface area (Å²) in [6.07, 6.45) is 6.20. The summed E-state index contributed by atoms with van der Waals surface area (Å²) < 4.78 is 27.6. The van der Waals surface area contributed by atoms with Crippen molar-refractivity contribution in [3.05, 3.63) is 22.2 Å². The van der Waals surface area contributed by atoms with E-state index in [1.165, 1.54) is 0 Å². The molecule has 0 aliphatic rings. The second kappa shape index (κ2) is 5.46. The van der Waals surface area contributed by atoms with Crippen molar-refractivity contribution >= 4 is 15.5 Å². The topological polar surface area (TPSA) is 99.4 Å². The first-order chi connectivity index (χ1) is 8.36. The lowest BCUT2D eigenvalue weighted by Crippen LogP contribution is -2.06. The molecule has 0 saturated carbocycles. The Morgan fingerprint density at radius 3 is 2.72 bits per heavy atom. The maximum absolute atomic E-state index is 11.3. The van der Waals surface area contributed by atoms with Gasteiger partial charge in [0.15, 0.2) is 14.9 Å². The molecule has 0 aliphatic heterocycles. The van der Waals surface area contributed by atoms with E-state index < -0.39 is 20.4 Å². The second-order valence-corrected chi connectivity index (χ2v) is 5.27. The normalized spacial score (nSPS) is 10.7. The quantitative estimate of drug-likeness (QED) is 0.339. The fraction of sp³-hybridized carbons (Fsp3) is 0.300. The van der Waals surface area contributed by atoms with Gasteiger partial charge in [-0.05, 0) is 6.07 Å². The number of pyridine rings is 1. The van der Waals surface area contributed by atoms with Crippen molar-refractivity contribution in [2.75, 3.05) is 12.9 Å². The van der Waals surface area contributed by atoms with Crippen LogP contribution in [0.4, 0.5) is 5.69 Å². The fourth-order valence-electron chi connectivity index (χ4n) is 1.07. The summed E-state index contributed by atoms with van der Waals surface area (Å²) in [7, 11) is -3.55. The van der Waals surface area contributed by atoms with Gasteiger partial charge >= 0.3 is 5.69 Å². The SMILES string of the molecule is C#CCCOc1nc(S(C)(=O)=O)ccc1[N+](=O)[O-]. The summed E-state index contributed by atoms with van der Waals surface area (Å²) in [5.41, 5.74) is -0.403. The highest BCUT2D eigenvalue weighted by Crippen LogP contribution is 2.26. The van der Waals surface area contributed by atoms with E-state index in [0.29, 0.717) is 0 Å². The van der Waals surface area contributed by atoms with Crippen LogP contribution in [0.5, 0.6) is 5.88 Å². The Hall–Kier alpha value is -2.14. The minimum atomic E-state index is -3.55. The van der Waals surface area contributed by atoms with Crippen LogP contribution in [0, 0.1) is 22.5 Å². The van der Waals surface area contributed by atoms with E-state index in [0.717, 1.165) is 18.4 Å². The van der Waals surface area contributed by atoms with E-state index in [9.17, 15) is 18.5 Å². The van der Waals surface area contributed by atoms with Crippen molar-refractivity contribution in [1.29, 1.82) is 0 Å². The van der Waals surface area contributed by atoms with Gasteiger partial charge in [-0.2, -0.15) is 4.98 Å². The molecule has 7 nitrogen and oxygen atoms in total. The summed E-state index contributed by atoms with van der Waals surface area (Å²) in [4.78, 5) is 13.6. The first kappa shape index (κ1) is 13.9. The lowest BCUT2D eigenvalue weighted by molar-refractivity contribution is -0.386. The second-order valence-electron chi connectivity index (χ2n) is 3.31. The molecule has 1 aromatic heterocycles. The number of sulfone groups is 1. The molecule has 0 saturated heterocycles. The molecule has 0 radical (unpaired) electrons. The highest BCUT2D eigenvalue weighted by molar-refractivity contribution is 7.90. The Balaban J connectivity index is 3.17. The van der Waals surface area contributed by atoms with Crippen molar-refractivity contribution in [3.8, 4) is 18.2 Å². The van der Waals surface area contributed by atoms with Crippen LogP contribution in [-0.4, -0.2) is 31.2 Å². The average Bonchev–Trinajstić information content (AvgIpc) is 2.27. The molecule has 8 heteroatoms. The third kappa shape index (κ3) is 3.43. The van der Waals surface area contributed by atoms with Gasteiger partial charge in [0.25, 0.3) is 5.88 Å². The zero-order valence-corrected chi connectivity index (χ0v) is 10.3. The number of aromatic nitrogens is 1. The Labute approximate surface area is 104 Å². The molecule has 0 N–H and O–H groups in total. The number of hydrogen-bond acceptors (Lipinski definition) is 6. The lowest BCUT2D eigenvalue weighted by Gasteiger charge is -2.05. The molecule has 18 heavy (non-hydrogen) atoms. The molecular formula is C10H10N2O5S. The molecule has 0 aliphatic carbocycles. The predicted molar refractivity (Wildman–Crippen MR) is 62.9 cm³/mol. The van der Waals surface area contributed by atoms with Crippen LogP contribution in [0.1, 0.15) is 6.42 Å². The van der Waals surface area contributed by atoms with Crippen LogP contribution in [-0.2, 0) is 9.84 Å². The summed E-state index contributed by atoms with van der Waals surface area (Å²) in [6.45, 7) is 0.0254. The Morgan fingerprint density at radius 1 is 1.56 bits per heavy atom. The van der Waals surface area contributed by atoms with Gasteiger partial charge in [-0.1, -0.05) is 0 Å². The number of terminal acetylenes is 1. The minimum absolute atomic E-state index is 0.0254. The average molecular weight is 270 g/mol. The molecule has 0 spiro atoms. The van der Waals surface area contributed by atoms with Crippen LogP contribution in [0.25, 0.3) is 0 Å². The van der Waals surface area contributed by atoms with Gasteiger partial charge in [0, 0.05) is 18.7 Å². The molecule has 1 aromatic rings. The fourth-order valence-corrected chi connectivity index (χ4v) is 1.64. The van der Waals surface area contributed by atoms with Crippen LogP contribution in [0.2, 0.25) is 0 Å².